The number of allylic oxidation sites excluding steroid dienone is 14. The monoisotopic (exact) mass is 1450 g/mol. The van der Waals surface area contributed by atoms with Crippen molar-refractivity contribution in [3.63, 3.8) is 0 Å². The third kappa shape index (κ3) is 72.6. The number of ether oxygens (including phenoxy) is 4. The highest BCUT2D eigenvalue weighted by Gasteiger charge is 2.30. The minimum atomic E-state index is -4.99. The molecule has 0 heterocycles. The number of carbonyl (C=O) groups excluding carboxylic acids is 4. The van der Waals surface area contributed by atoms with Crippen LogP contribution in [0.3, 0.4) is 0 Å². The molecule has 0 aliphatic heterocycles. The van der Waals surface area contributed by atoms with E-state index in [1.54, 1.807) is 0 Å². The summed E-state index contributed by atoms with van der Waals surface area (Å²) in [5.41, 5.74) is 0. The second-order valence-electron chi connectivity index (χ2n) is 26.7. The number of carbonyl (C=O) groups is 4. The van der Waals surface area contributed by atoms with Crippen LogP contribution in [-0.2, 0) is 65.4 Å². The fourth-order valence-corrected chi connectivity index (χ4v) is 12.3. The second-order valence-corrected chi connectivity index (χ2v) is 29.6. The van der Waals surface area contributed by atoms with Gasteiger partial charge in [0.2, 0.25) is 0 Å². The minimum absolute atomic E-state index is 0.0172. The molecule has 3 N–H and O–H groups in total. The fraction of sp³-hybridized carbons (Fsp3) is 0.778. The summed E-state index contributed by atoms with van der Waals surface area (Å²) in [7, 11) is -9.97. The molecule has 0 saturated carbocycles. The van der Waals surface area contributed by atoms with Crippen molar-refractivity contribution in [3.8, 4) is 0 Å². The molecular formula is C81H144O17P2. The van der Waals surface area contributed by atoms with Gasteiger partial charge in [-0.05, 0) is 122 Å². The van der Waals surface area contributed by atoms with E-state index in [2.05, 4.69) is 101 Å². The number of aliphatic hydroxyl groups is 1. The zero-order chi connectivity index (χ0) is 73.2. The predicted molar refractivity (Wildman–Crippen MR) is 409 cm³/mol. The van der Waals surface area contributed by atoms with Gasteiger partial charge in [0, 0.05) is 25.7 Å². The van der Waals surface area contributed by atoms with Crippen molar-refractivity contribution < 1.29 is 80.2 Å². The van der Waals surface area contributed by atoms with Gasteiger partial charge in [-0.15, -0.1) is 0 Å². The maximum atomic E-state index is 13.1. The maximum Gasteiger partial charge on any atom is 0.472 e. The Morgan fingerprint density at radius 2 is 0.500 bits per heavy atom. The van der Waals surface area contributed by atoms with Crippen molar-refractivity contribution in [2.24, 2.45) is 0 Å². The summed E-state index contributed by atoms with van der Waals surface area (Å²) in [6.07, 6.45) is 75.7. The van der Waals surface area contributed by atoms with Gasteiger partial charge in [0.05, 0.1) is 26.4 Å². The van der Waals surface area contributed by atoms with Crippen molar-refractivity contribution in [3.05, 3.63) is 85.1 Å². The Morgan fingerprint density at radius 3 is 0.820 bits per heavy atom. The van der Waals surface area contributed by atoms with Crippen LogP contribution in [0.2, 0.25) is 0 Å². The zero-order valence-electron chi connectivity index (χ0n) is 63.4. The second kappa shape index (κ2) is 73.5. The number of hydrogen-bond donors (Lipinski definition) is 3. The first-order valence-electron chi connectivity index (χ1n) is 39.8. The lowest BCUT2D eigenvalue weighted by molar-refractivity contribution is -0.161. The summed E-state index contributed by atoms with van der Waals surface area (Å²) in [5, 5.41) is 10.6. The maximum absolute atomic E-state index is 13.1. The molecule has 17 nitrogen and oxygen atoms in total. The Morgan fingerprint density at radius 1 is 0.280 bits per heavy atom. The van der Waals surface area contributed by atoms with Gasteiger partial charge in [0.15, 0.2) is 12.2 Å². The van der Waals surface area contributed by atoms with E-state index in [1.807, 2.05) is 12.2 Å². The highest BCUT2D eigenvalue weighted by atomic mass is 31.2. The first-order chi connectivity index (χ1) is 48.7. The van der Waals surface area contributed by atoms with E-state index in [0.29, 0.717) is 32.1 Å². The van der Waals surface area contributed by atoms with Crippen LogP contribution in [0, 0.1) is 0 Å². The summed E-state index contributed by atoms with van der Waals surface area (Å²) in [4.78, 5) is 72.9. The Balaban J connectivity index is 5.41. The van der Waals surface area contributed by atoms with Gasteiger partial charge in [-0.1, -0.05) is 286 Å². The van der Waals surface area contributed by atoms with Crippen LogP contribution in [0.25, 0.3) is 0 Å². The molecule has 5 atom stereocenters. The van der Waals surface area contributed by atoms with E-state index in [-0.39, 0.29) is 25.7 Å². The predicted octanol–water partition coefficient (Wildman–Crippen LogP) is 23.0. The summed E-state index contributed by atoms with van der Waals surface area (Å²) in [5.74, 6) is -2.24. The third-order valence-corrected chi connectivity index (χ3v) is 18.7. The molecule has 0 aromatic carbocycles. The molecule has 100 heavy (non-hydrogen) atoms. The van der Waals surface area contributed by atoms with Crippen LogP contribution in [0.15, 0.2) is 85.1 Å². The summed E-state index contributed by atoms with van der Waals surface area (Å²) in [6.45, 7) is 4.77. The largest absolute Gasteiger partial charge is 0.472 e. The number of hydrogen-bond acceptors (Lipinski definition) is 15. The van der Waals surface area contributed by atoms with E-state index in [0.717, 1.165) is 128 Å². The molecule has 580 valence electrons. The van der Waals surface area contributed by atoms with Crippen LogP contribution in [-0.4, -0.2) is 96.7 Å². The SMILES string of the molecule is CCCCC/C=C\C/C=C\C/C=C\C/C=C\CCCC(=O)O[C@H](COC(=O)CCCCCCC/C=C\C/C=C\CCCCC)COP(=O)(O)OC[C@@H](O)COP(=O)(O)OC[C@@H](COC(=O)CCCCCCCCCCCCCCC)OC(=O)CCCCCCC/C=C\CCCCCCCC. The third-order valence-electron chi connectivity index (χ3n) is 16.8. The molecule has 0 aromatic rings. The highest BCUT2D eigenvalue weighted by molar-refractivity contribution is 7.47. The fourth-order valence-electron chi connectivity index (χ4n) is 10.7. The first kappa shape index (κ1) is 96.2. The molecule has 0 spiro atoms. The van der Waals surface area contributed by atoms with Crippen molar-refractivity contribution in [1.29, 1.82) is 0 Å². The molecule has 0 aliphatic rings. The molecule has 0 radical (unpaired) electrons. The molecule has 0 fully saturated rings. The molecule has 0 saturated heterocycles. The Hall–Kier alpha value is -3.76. The number of esters is 4. The van der Waals surface area contributed by atoms with Gasteiger partial charge < -0.3 is 33.8 Å². The zero-order valence-corrected chi connectivity index (χ0v) is 65.2. The average Bonchev–Trinajstić information content (AvgIpc) is 1.22. The average molecular weight is 1450 g/mol. The van der Waals surface area contributed by atoms with E-state index in [9.17, 15) is 43.2 Å². The lowest BCUT2D eigenvalue weighted by atomic mass is 10.0. The first-order valence-corrected chi connectivity index (χ1v) is 42.8. The normalized spacial score (nSPS) is 14.3. The summed E-state index contributed by atoms with van der Waals surface area (Å²) >= 11 is 0. The summed E-state index contributed by atoms with van der Waals surface area (Å²) in [6, 6.07) is 0. The van der Waals surface area contributed by atoms with E-state index in [1.165, 1.54) is 135 Å². The topological polar surface area (TPSA) is 237 Å². The van der Waals surface area contributed by atoms with Gasteiger partial charge >= 0.3 is 39.5 Å². The van der Waals surface area contributed by atoms with Gasteiger partial charge in [-0.25, -0.2) is 9.13 Å². The van der Waals surface area contributed by atoms with Gasteiger partial charge in [0.1, 0.15) is 19.3 Å². The minimum Gasteiger partial charge on any atom is -0.462 e. The molecule has 0 aliphatic carbocycles. The van der Waals surface area contributed by atoms with Crippen LogP contribution >= 0.6 is 15.6 Å². The van der Waals surface area contributed by atoms with Crippen molar-refractivity contribution in [2.75, 3.05) is 39.6 Å². The quantitative estimate of drug-likeness (QED) is 0.0169. The molecular weight excluding hydrogens is 1310 g/mol. The smallest absolute Gasteiger partial charge is 0.462 e. The standard InChI is InChI=1S/C81H144O17P2/c1-5-9-13-17-21-25-29-33-36-37-40-44-48-52-56-60-64-68-81(86)98-77(72-92-79(84)66-62-58-54-50-46-42-38-34-30-26-22-18-14-10-6-2)74-96-100(89,90)94-70-75(82)69-93-99(87,88)95-73-76(71-91-78(83)65-61-57-53-49-45-41-32-28-24-20-16-12-8-4)97-80(85)67-63-59-55-51-47-43-39-35-31-27-23-19-15-11-7-3/h21-22,25-26,33-36,38-40,44,52,56,75-77,82H,5-20,23-24,27-32,37,41-43,45-51,53-55,57-74H2,1-4H3,(H,87,88)(H,89,90)/b25-21-,26-22-,36-33-,38-34-,39-35-,44-40-,56-52-/t75-,76+,77+/m0/s1. The molecule has 19 heteroatoms. The molecule has 2 unspecified atom stereocenters. The molecule has 0 bridgehead atoms. The number of phosphoric acid groups is 2. The van der Waals surface area contributed by atoms with E-state index >= 15 is 0 Å². The Bertz CT molecular complexity index is 2230. The molecule has 0 aromatic heterocycles. The Labute approximate surface area is 608 Å². The van der Waals surface area contributed by atoms with Crippen LogP contribution in [0.5, 0.6) is 0 Å². The van der Waals surface area contributed by atoms with E-state index < -0.39 is 97.5 Å². The van der Waals surface area contributed by atoms with Gasteiger partial charge in [0.25, 0.3) is 0 Å². The summed E-state index contributed by atoms with van der Waals surface area (Å²) < 4.78 is 68.5. The number of phosphoric ester groups is 2. The molecule has 0 amide bonds. The van der Waals surface area contributed by atoms with Gasteiger partial charge in [-0.2, -0.15) is 0 Å². The lowest BCUT2D eigenvalue weighted by Gasteiger charge is -2.21. The van der Waals surface area contributed by atoms with Gasteiger partial charge in [-0.3, -0.25) is 37.3 Å². The van der Waals surface area contributed by atoms with Crippen LogP contribution in [0.1, 0.15) is 349 Å². The number of rotatable bonds is 75. The number of aliphatic hydroxyl groups excluding tert-OH is 1. The van der Waals surface area contributed by atoms with Crippen LogP contribution < -0.4 is 0 Å². The van der Waals surface area contributed by atoms with E-state index in [4.69, 9.17) is 37.0 Å². The lowest BCUT2D eigenvalue weighted by Crippen LogP contribution is -2.30. The van der Waals surface area contributed by atoms with Crippen molar-refractivity contribution >= 4 is 39.5 Å². The number of unbranched alkanes of at least 4 members (excludes halogenated alkanes) is 35. The Kier molecular flexibility index (Phi) is 70.8. The van der Waals surface area contributed by atoms with Crippen molar-refractivity contribution in [1.82, 2.24) is 0 Å². The van der Waals surface area contributed by atoms with Crippen molar-refractivity contribution in [2.45, 2.75) is 367 Å². The van der Waals surface area contributed by atoms with Crippen LogP contribution in [0.4, 0.5) is 0 Å². The highest BCUT2D eigenvalue weighted by Crippen LogP contribution is 2.45. The molecule has 0 rings (SSSR count).